The summed E-state index contributed by atoms with van der Waals surface area (Å²) in [6.07, 6.45) is 5.16. The molecule has 0 aromatic carbocycles. The molecule has 0 fully saturated rings. The highest BCUT2D eigenvalue weighted by Gasteiger charge is 1.94. The summed E-state index contributed by atoms with van der Waals surface area (Å²) in [6.45, 7) is 0. The SMILES string of the molecule is COC(=O)/C=C/N(C)/N=N/N(C)/C=C/C(=O)OC. The maximum absolute atomic E-state index is 10.8. The van der Waals surface area contributed by atoms with E-state index in [9.17, 15) is 9.59 Å². The van der Waals surface area contributed by atoms with Crippen LogP contribution in [0.1, 0.15) is 0 Å². The molecule has 0 saturated carbocycles. The fourth-order valence-electron chi connectivity index (χ4n) is 0.659. The van der Waals surface area contributed by atoms with Gasteiger partial charge in [0, 0.05) is 38.6 Å². The van der Waals surface area contributed by atoms with Crippen LogP contribution in [0.3, 0.4) is 0 Å². The first-order chi connectivity index (χ1) is 8.49. The van der Waals surface area contributed by atoms with E-state index in [1.165, 1.54) is 48.8 Å². The topological polar surface area (TPSA) is 83.8 Å². The molecule has 0 aliphatic carbocycles. The van der Waals surface area contributed by atoms with Crippen molar-refractivity contribution in [2.24, 2.45) is 10.4 Å². The molecule has 0 radical (unpaired) electrons. The third-order valence-corrected chi connectivity index (χ3v) is 1.58. The van der Waals surface area contributed by atoms with Crippen LogP contribution < -0.4 is 0 Å². The molecule has 18 heavy (non-hydrogen) atoms. The number of rotatable bonds is 6. The van der Waals surface area contributed by atoms with E-state index in [1.807, 2.05) is 0 Å². The van der Waals surface area contributed by atoms with Crippen molar-refractivity contribution in [3.63, 3.8) is 0 Å². The van der Waals surface area contributed by atoms with Crippen LogP contribution in [-0.2, 0) is 19.1 Å². The van der Waals surface area contributed by atoms with Crippen molar-refractivity contribution >= 4 is 11.9 Å². The first-order valence-corrected chi connectivity index (χ1v) is 4.89. The van der Waals surface area contributed by atoms with Gasteiger partial charge < -0.3 is 9.47 Å². The third-order valence-electron chi connectivity index (χ3n) is 1.58. The van der Waals surface area contributed by atoms with Gasteiger partial charge in [-0.15, -0.1) is 0 Å². The van der Waals surface area contributed by atoms with E-state index in [1.54, 1.807) is 14.1 Å². The molecule has 0 N–H and O–H groups in total. The number of methoxy groups -OCH3 is 2. The van der Waals surface area contributed by atoms with Gasteiger partial charge in [0.15, 0.2) is 0 Å². The second kappa shape index (κ2) is 8.74. The number of nitrogens with zero attached hydrogens (tertiary/aromatic N) is 4. The summed E-state index contributed by atoms with van der Waals surface area (Å²) in [5, 5.41) is 10.1. The molecule has 0 rings (SSSR count). The van der Waals surface area contributed by atoms with E-state index in [0.29, 0.717) is 0 Å². The largest absolute Gasteiger partial charge is 0.466 e. The van der Waals surface area contributed by atoms with Gasteiger partial charge in [0.05, 0.1) is 14.2 Å². The lowest BCUT2D eigenvalue weighted by Crippen LogP contribution is -2.07. The first-order valence-electron chi connectivity index (χ1n) is 4.89. The molecule has 0 atom stereocenters. The molecular formula is C10H16N4O4. The quantitative estimate of drug-likeness (QED) is 0.298. The van der Waals surface area contributed by atoms with Crippen LogP contribution in [0.4, 0.5) is 0 Å². The molecule has 0 heterocycles. The van der Waals surface area contributed by atoms with Gasteiger partial charge in [-0.05, 0) is 10.4 Å². The number of ether oxygens (including phenoxy) is 2. The number of hydrogen-bond donors (Lipinski definition) is 0. The normalized spacial score (nSPS) is 11.1. The zero-order chi connectivity index (χ0) is 14.0. The summed E-state index contributed by atoms with van der Waals surface area (Å²) < 4.78 is 8.81. The average molecular weight is 256 g/mol. The van der Waals surface area contributed by atoms with Crippen molar-refractivity contribution in [3.05, 3.63) is 24.6 Å². The Morgan fingerprint density at radius 2 is 1.22 bits per heavy atom. The molecule has 100 valence electrons. The minimum atomic E-state index is -0.490. The van der Waals surface area contributed by atoms with Crippen LogP contribution in [0, 0.1) is 0 Å². The Balaban J connectivity index is 4.21. The Labute approximate surface area is 105 Å². The number of esters is 2. The Hall–Kier alpha value is -2.38. The zero-order valence-electron chi connectivity index (χ0n) is 10.7. The summed E-state index contributed by atoms with van der Waals surface area (Å²) in [6, 6.07) is 0. The molecule has 0 bridgehead atoms. The van der Waals surface area contributed by atoms with Crippen molar-refractivity contribution < 1.29 is 19.1 Å². The smallest absolute Gasteiger partial charge is 0.332 e. The van der Waals surface area contributed by atoms with Crippen molar-refractivity contribution in [2.75, 3.05) is 28.3 Å². The van der Waals surface area contributed by atoms with Gasteiger partial charge in [0.1, 0.15) is 0 Å². The molecule has 8 heteroatoms. The maximum atomic E-state index is 10.8. The van der Waals surface area contributed by atoms with Gasteiger partial charge in [0.2, 0.25) is 0 Å². The predicted octanol–water partition coefficient (Wildman–Crippen LogP) is 0.506. The Morgan fingerprint density at radius 1 is 0.889 bits per heavy atom. The van der Waals surface area contributed by atoms with Crippen LogP contribution in [-0.4, -0.2) is 50.3 Å². The average Bonchev–Trinajstić information content (AvgIpc) is 2.39. The van der Waals surface area contributed by atoms with Crippen LogP contribution >= 0.6 is 0 Å². The zero-order valence-corrected chi connectivity index (χ0v) is 10.7. The summed E-state index contributed by atoms with van der Waals surface area (Å²) >= 11 is 0. The van der Waals surface area contributed by atoms with E-state index in [4.69, 9.17) is 0 Å². The lowest BCUT2D eigenvalue weighted by Gasteiger charge is -2.07. The van der Waals surface area contributed by atoms with Gasteiger partial charge in [-0.2, -0.15) is 0 Å². The molecule has 0 aromatic rings. The third kappa shape index (κ3) is 7.85. The minimum absolute atomic E-state index is 0.490. The molecule has 0 amide bonds. The van der Waals surface area contributed by atoms with Gasteiger partial charge in [0.25, 0.3) is 0 Å². The standard InChI is InChI=1S/C10H16N4O4/c1-13(7-5-9(15)17-3)11-12-14(2)8-6-10(16)18-4/h5-8H,1-4H3/b7-5+,8-6+,12-11+. The number of carbonyl (C=O) groups excluding carboxylic acids is 2. The molecule has 0 aliphatic heterocycles. The van der Waals surface area contributed by atoms with Gasteiger partial charge >= 0.3 is 11.9 Å². The fourth-order valence-corrected chi connectivity index (χ4v) is 0.659. The second-order valence-corrected chi connectivity index (χ2v) is 3.00. The summed E-state index contributed by atoms with van der Waals surface area (Å²) in [4.78, 5) is 21.6. The van der Waals surface area contributed by atoms with Crippen LogP contribution in [0.25, 0.3) is 0 Å². The Morgan fingerprint density at radius 3 is 1.50 bits per heavy atom. The molecule has 0 unspecified atom stereocenters. The van der Waals surface area contributed by atoms with E-state index < -0.39 is 11.9 Å². The van der Waals surface area contributed by atoms with Crippen LogP contribution in [0.2, 0.25) is 0 Å². The lowest BCUT2D eigenvalue weighted by molar-refractivity contribution is -0.135. The predicted molar refractivity (Wildman–Crippen MR) is 62.7 cm³/mol. The molecular weight excluding hydrogens is 240 g/mol. The summed E-state index contributed by atoms with van der Waals surface area (Å²) in [7, 11) is 5.72. The molecule has 8 nitrogen and oxygen atoms in total. The van der Waals surface area contributed by atoms with E-state index in [2.05, 4.69) is 19.9 Å². The highest BCUT2D eigenvalue weighted by atomic mass is 16.5. The first kappa shape index (κ1) is 15.6. The highest BCUT2D eigenvalue weighted by Crippen LogP contribution is 1.93. The molecule has 0 spiro atoms. The van der Waals surface area contributed by atoms with E-state index >= 15 is 0 Å². The van der Waals surface area contributed by atoms with Crippen LogP contribution in [0.15, 0.2) is 35.0 Å². The lowest BCUT2D eigenvalue weighted by atomic mass is 10.6. The number of carbonyl (C=O) groups is 2. The van der Waals surface area contributed by atoms with Crippen molar-refractivity contribution in [1.29, 1.82) is 0 Å². The van der Waals surface area contributed by atoms with Crippen LogP contribution in [0.5, 0.6) is 0 Å². The van der Waals surface area contributed by atoms with Crippen molar-refractivity contribution in [2.45, 2.75) is 0 Å². The fraction of sp³-hybridized carbons (Fsp3) is 0.400. The molecule has 0 aliphatic rings. The minimum Gasteiger partial charge on any atom is -0.466 e. The molecule has 0 saturated heterocycles. The van der Waals surface area contributed by atoms with Gasteiger partial charge in [-0.1, -0.05) is 0 Å². The van der Waals surface area contributed by atoms with Crippen molar-refractivity contribution in [1.82, 2.24) is 10.0 Å². The summed E-state index contributed by atoms with van der Waals surface area (Å²) in [5.41, 5.74) is 0. The van der Waals surface area contributed by atoms with E-state index in [-0.39, 0.29) is 0 Å². The van der Waals surface area contributed by atoms with Crippen molar-refractivity contribution in [3.8, 4) is 0 Å². The Bertz CT molecular complexity index is 331. The monoisotopic (exact) mass is 256 g/mol. The maximum Gasteiger partial charge on any atom is 0.332 e. The summed E-state index contributed by atoms with van der Waals surface area (Å²) in [5.74, 6) is -0.980. The molecule has 0 aromatic heterocycles. The highest BCUT2D eigenvalue weighted by molar-refractivity contribution is 5.81. The van der Waals surface area contributed by atoms with Gasteiger partial charge in [-0.3, -0.25) is 10.0 Å². The second-order valence-electron chi connectivity index (χ2n) is 3.00. The van der Waals surface area contributed by atoms with Gasteiger partial charge in [-0.25, -0.2) is 9.59 Å². The Kier molecular flexibility index (Phi) is 7.58. The van der Waals surface area contributed by atoms with E-state index in [0.717, 1.165) is 0 Å². The number of hydrogen-bond acceptors (Lipinski definition) is 6.